The number of carbonyl (C=O) groups is 1. The molecule has 0 aromatic heterocycles. The summed E-state index contributed by atoms with van der Waals surface area (Å²) >= 11 is 7.97. The minimum atomic E-state index is -3.92. The van der Waals surface area contributed by atoms with Gasteiger partial charge >= 0.3 is 0 Å². The number of halogens is 1. The molecule has 30 heavy (non-hydrogen) atoms. The minimum Gasteiger partial charge on any atom is -0.354 e. The summed E-state index contributed by atoms with van der Waals surface area (Å²) in [6.45, 7) is 2.11. The molecule has 0 heterocycles. The van der Waals surface area contributed by atoms with E-state index in [2.05, 4.69) is 5.32 Å². The molecule has 1 fully saturated rings. The van der Waals surface area contributed by atoms with Crippen LogP contribution in [-0.4, -0.2) is 38.4 Å². The quantitative estimate of drug-likeness (QED) is 0.547. The summed E-state index contributed by atoms with van der Waals surface area (Å²) in [5.74, 6) is 0.496. The molecule has 0 spiro atoms. The van der Waals surface area contributed by atoms with Crippen LogP contribution < -0.4 is 9.62 Å². The van der Waals surface area contributed by atoms with Crippen LogP contribution in [0.25, 0.3) is 0 Å². The number of aryl methyl sites for hydroxylation is 1. The summed E-state index contributed by atoms with van der Waals surface area (Å²) in [4.78, 5) is 12.7. The number of hydrogen-bond donors (Lipinski definition) is 1. The number of nitrogens with zero attached hydrogens (tertiary/aromatic N) is 1. The highest BCUT2D eigenvalue weighted by Crippen LogP contribution is 2.29. The number of rotatable bonds is 9. The van der Waals surface area contributed by atoms with E-state index in [1.165, 1.54) is 25.7 Å². The first kappa shape index (κ1) is 23.0. The van der Waals surface area contributed by atoms with Gasteiger partial charge in [-0.15, -0.1) is 0 Å². The van der Waals surface area contributed by atoms with Gasteiger partial charge in [0.25, 0.3) is 10.0 Å². The van der Waals surface area contributed by atoms with E-state index >= 15 is 0 Å². The van der Waals surface area contributed by atoms with Gasteiger partial charge in [0.05, 0.1) is 10.6 Å². The van der Waals surface area contributed by atoms with Crippen LogP contribution in [0.1, 0.15) is 31.2 Å². The fourth-order valence-corrected chi connectivity index (χ4v) is 6.26. The van der Waals surface area contributed by atoms with Crippen LogP contribution in [0.4, 0.5) is 5.69 Å². The lowest BCUT2D eigenvalue weighted by Crippen LogP contribution is -2.41. The van der Waals surface area contributed by atoms with E-state index in [-0.39, 0.29) is 17.3 Å². The average Bonchev–Trinajstić information content (AvgIpc) is 3.23. The maximum atomic E-state index is 13.3. The second kappa shape index (κ2) is 10.6. The topological polar surface area (TPSA) is 66.5 Å². The van der Waals surface area contributed by atoms with Crippen molar-refractivity contribution in [3.63, 3.8) is 0 Å². The summed E-state index contributed by atoms with van der Waals surface area (Å²) in [6, 6.07) is 13.1. The van der Waals surface area contributed by atoms with E-state index in [4.69, 9.17) is 11.6 Å². The molecule has 0 atom stereocenters. The number of sulfonamides is 1. The van der Waals surface area contributed by atoms with Crippen molar-refractivity contribution in [1.82, 2.24) is 5.32 Å². The normalized spacial score (nSPS) is 14.6. The van der Waals surface area contributed by atoms with Crippen molar-refractivity contribution >= 4 is 45.0 Å². The maximum Gasteiger partial charge on any atom is 0.264 e. The Bertz CT molecular complexity index is 959. The predicted molar refractivity (Wildman–Crippen MR) is 125 cm³/mol. The van der Waals surface area contributed by atoms with Crippen molar-refractivity contribution in [3.05, 3.63) is 59.1 Å². The third-order valence-corrected chi connectivity index (χ3v) is 8.48. The molecule has 8 heteroatoms. The van der Waals surface area contributed by atoms with Crippen LogP contribution >= 0.6 is 23.4 Å². The van der Waals surface area contributed by atoms with Crippen LogP contribution in [0.5, 0.6) is 0 Å². The van der Waals surface area contributed by atoms with Crippen LogP contribution in [0.2, 0.25) is 5.02 Å². The van der Waals surface area contributed by atoms with Crippen molar-refractivity contribution in [2.75, 3.05) is 23.1 Å². The summed E-state index contributed by atoms with van der Waals surface area (Å²) in [6.07, 6.45) is 5.07. The Kier molecular flexibility index (Phi) is 8.08. The molecule has 5 nitrogen and oxygen atoms in total. The number of thioether (sulfide) groups is 1. The zero-order valence-corrected chi connectivity index (χ0v) is 19.4. The number of nitrogens with one attached hydrogen (secondary N) is 1. The lowest BCUT2D eigenvalue weighted by atomic mass is 10.2. The van der Waals surface area contributed by atoms with E-state index in [9.17, 15) is 13.2 Å². The highest BCUT2D eigenvalue weighted by atomic mass is 35.5. The Balaban J connectivity index is 1.71. The average molecular weight is 467 g/mol. The monoisotopic (exact) mass is 466 g/mol. The zero-order chi connectivity index (χ0) is 21.6. The molecular formula is C22H27ClN2O3S2. The first-order chi connectivity index (χ1) is 14.4. The van der Waals surface area contributed by atoms with Crippen LogP contribution in [-0.2, 0) is 14.8 Å². The van der Waals surface area contributed by atoms with Gasteiger partial charge in [-0.3, -0.25) is 9.10 Å². The first-order valence-corrected chi connectivity index (χ1v) is 13.0. The van der Waals surface area contributed by atoms with Crippen molar-refractivity contribution < 1.29 is 13.2 Å². The van der Waals surface area contributed by atoms with Crippen molar-refractivity contribution in [2.45, 2.75) is 42.8 Å². The van der Waals surface area contributed by atoms with Gasteiger partial charge in [0, 0.05) is 22.6 Å². The number of benzene rings is 2. The largest absolute Gasteiger partial charge is 0.354 e. The Hall–Kier alpha value is -1.70. The lowest BCUT2D eigenvalue weighted by Gasteiger charge is -2.24. The molecule has 1 aliphatic rings. The second-order valence-corrected chi connectivity index (χ2v) is 11.1. The smallest absolute Gasteiger partial charge is 0.264 e. The summed E-state index contributed by atoms with van der Waals surface area (Å²) in [7, 11) is -3.92. The standard InChI is InChI=1S/C22H27ClN2O3S2/c1-17-9-11-21(12-10-17)30(27,28)25(19-6-4-5-18(23)15-19)16-22(26)24-13-14-29-20-7-2-3-8-20/h4-6,9-12,15,20H,2-3,7-8,13-14,16H2,1H3,(H,24,26). The van der Waals surface area contributed by atoms with Crippen molar-refractivity contribution in [2.24, 2.45) is 0 Å². The van der Waals surface area contributed by atoms with E-state index in [0.29, 0.717) is 22.5 Å². The van der Waals surface area contributed by atoms with E-state index in [1.54, 1.807) is 48.5 Å². The van der Waals surface area contributed by atoms with Gasteiger partial charge in [-0.1, -0.05) is 48.2 Å². The van der Waals surface area contributed by atoms with Gasteiger partial charge in [0.15, 0.2) is 0 Å². The van der Waals surface area contributed by atoms with Gasteiger partial charge in [-0.05, 0) is 50.1 Å². The Morgan fingerprint density at radius 3 is 2.53 bits per heavy atom. The third kappa shape index (κ3) is 6.15. The lowest BCUT2D eigenvalue weighted by molar-refractivity contribution is -0.119. The summed E-state index contributed by atoms with van der Waals surface area (Å²) < 4.78 is 27.7. The second-order valence-electron chi connectivity index (χ2n) is 7.43. The molecule has 0 bridgehead atoms. The molecule has 0 radical (unpaired) electrons. The Labute approximate surface area is 188 Å². The van der Waals surface area contributed by atoms with Gasteiger partial charge < -0.3 is 5.32 Å². The van der Waals surface area contributed by atoms with Crippen LogP contribution in [0.15, 0.2) is 53.4 Å². The number of anilines is 1. The van der Waals surface area contributed by atoms with E-state index < -0.39 is 10.0 Å². The van der Waals surface area contributed by atoms with Crippen LogP contribution in [0, 0.1) is 6.92 Å². The highest BCUT2D eigenvalue weighted by Gasteiger charge is 2.27. The fraction of sp³-hybridized carbons (Fsp3) is 0.409. The molecule has 2 aromatic carbocycles. The highest BCUT2D eigenvalue weighted by molar-refractivity contribution is 7.99. The molecule has 1 saturated carbocycles. The van der Waals surface area contributed by atoms with Gasteiger partial charge in [0.2, 0.25) is 5.91 Å². The number of hydrogen-bond acceptors (Lipinski definition) is 4. The molecule has 0 unspecified atom stereocenters. The Morgan fingerprint density at radius 2 is 1.87 bits per heavy atom. The third-order valence-electron chi connectivity index (χ3n) is 5.07. The molecular weight excluding hydrogens is 440 g/mol. The summed E-state index contributed by atoms with van der Waals surface area (Å²) in [5, 5.41) is 3.95. The molecule has 162 valence electrons. The fourth-order valence-electron chi connectivity index (χ4n) is 3.44. The predicted octanol–water partition coefficient (Wildman–Crippen LogP) is 4.64. The molecule has 0 saturated heterocycles. The molecule has 1 N–H and O–H groups in total. The minimum absolute atomic E-state index is 0.137. The van der Waals surface area contributed by atoms with E-state index in [0.717, 1.165) is 15.6 Å². The zero-order valence-electron chi connectivity index (χ0n) is 17.0. The number of carbonyl (C=O) groups excluding carboxylic acids is 1. The van der Waals surface area contributed by atoms with Crippen molar-refractivity contribution in [3.8, 4) is 0 Å². The SMILES string of the molecule is Cc1ccc(S(=O)(=O)N(CC(=O)NCCSC2CCCC2)c2cccc(Cl)c2)cc1. The van der Waals surface area contributed by atoms with Gasteiger partial charge in [-0.2, -0.15) is 11.8 Å². The van der Waals surface area contributed by atoms with Crippen molar-refractivity contribution in [1.29, 1.82) is 0 Å². The first-order valence-electron chi connectivity index (χ1n) is 10.1. The van der Waals surface area contributed by atoms with Gasteiger partial charge in [-0.25, -0.2) is 8.42 Å². The molecule has 3 rings (SSSR count). The Morgan fingerprint density at radius 1 is 1.17 bits per heavy atom. The summed E-state index contributed by atoms with van der Waals surface area (Å²) in [5.41, 5.74) is 1.32. The molecule has 2 aromatic rings. The number of amides is 1. The van der Waals surface area contributed by atoms with Crippen LogP contribution in [0.3, 0.4) is 0 Å². The molecule has 1 aliphatic carbocycles. The maximum absolute atomic E-state index is 13.3. The molecule has 1 amide bonds. The molecule has 0 aliphatic heterocycles. The van der Waals surface area contributed by atoms with E-state index in [1.807, 2.05) is 18.7 Å². The van der Waals surface area contributed by atoms with Gasteiger partial charge in [0.1, 0.15) is 6.54 Å².